The van der Waals surface area contributed by atoms with Gasteiger partial charge in [-0.2, -0.15) is 26.7 Å². The number of rotatable bonds is 7. The zero-order chi connectivity index (χ0) is 13.6. The first-order valence-electron chi connectivity index (χ1n) is 5.65. The van der Waals surface area contributed by atoms with Crippen LogP contribution in [0, 0.1) is 0 Å². The number of hydrogen-bond donors (Lipinski definition) is 3. The van der Waals surface area contributed by atoms with Gasteiger partial charge in [0.2, 0.25) is 11.9 Å². The third kappa shape index (κ3) is 4.53. The zero-order valence-electron chi connectivity index (χ0n) is 11.1. The molecule has 0 spiro atoms. The molecule has 0 fully saturated rings. The fourth-order valence-electron chi connectivity index (χ4n) is 1.06. The van der Waals surface area contributed by atoms with Gasteiger partial charge in [-0.15, -0.1) is 0 Å². The normalized spacial score (nSPS) is 11.2. The third-order valence-corrected chi connectivity index (χ3v) is 3.49. The maximum Gasteiger partial charge on any atom is 0.323 e. The maximum absolute atomic E-state index is 5.30. The van der Waals surface area contributed by atoms with Crippen LogP contribution >= 0.6 is 11.8 Å². The van der Waals surface area contributed by atoms with E-state index in [-0.39, 0.29) is 16.7 Å². The van der Waals surface area contributed by atoms with Crippen LogP contribution in [-0.4, -0.2) is 39.1 Å². The van der Waals surface area contributed by atoms with Crippen molar-refractivity contribution in [2.24, 2.45) is 5.84 Å². The van der Waals surface area contributed by atoms with Gasteiger partial charge in [-0.1, -0.05) is 0 Å². The highest BCUT2D eigenvalue weighted by Gasteiger charge is 2.16. The van der Waals surface area contributed by atoms with E-state index in [2.05, 4.69) is 45.8 Å². The molecule has 0 radical (unpaired) electrons. The van der Waals surface area contributed by atoms with Crippen LogP contribution in [0.15, 0.2) is 0 Å². The first-order chi connectivity index (χ1) is 8.50. The number of nitrogen functional groups attached to an aromatic ring is 1. The molecule has 7 nitrogen and oxygen atoms in total. The van der Waals surface area contributed by atoms with E-state index in [0.29, 0.717) is 12.6 Å². The summed E-state index contributed by atoms with van der Waals surface area (Å²) in [5.74, 6) is 6.03. The van der Waals surface area contributed by atoms with Crippen LogP contribution in [-0.2, 0) is 0 Å². The molecule has 0 amide bonds. The van der Waals surface area contributed by atoms with E-state index >= 15 is 0 Å². The Morgan fingerprint density at radius 3 is 2.50 bits per heavy atom. The van der Waals surface area contributed by atoms with Crippen molar-refractivity contribution in [3.05, 3.63) is 0 Å². The number of thioether (sulfide) groups is 1. The summed E-state index contributed by atoms with van der Waals surface area (Å²) in [5, 5.41) is 3.15. The van der Waals surface area contributed by atoms with Crippen molar-refractivity contribution in [3.8, 4) is 6.01 Å². The van der Waals surface area contributed by atoms with E-state index < -0.39 is 0 Å². The number of nitrogens with one attached hydrogen (secondary N) is 2. The Balaban J connectivity index is 2.78. The number of hydrogen-bond acceptors (Lipinski definition) is 8. The molecule has 18 heavy (non-hydrogen) atoms. The molecule has 1 aromatic rings. The SMILES string of the molecule is CCOc1nc(NN)nc(NCC(C)(C)SC)n1. The number of aromatic nitrogens is 3. The van der Waals surface area contributed by atoms with Crippen molar-refractivity contribution in [1.82, 2.24) is 15.0 Å². The number of hydrazine groups is 1. The second-order valence-corrected chi connectivity index (χ2v) is 5.67. The quantitative estimate of drug-likeness (QED) is 0.501. The molecule has 0 aromatic carbocycles. The van der Waals surface area contributed by atoms with Crippen molar-refractivity contribution in [1.29, 1.82) is 0 Å². The highest BCUT2D eigenvalue weighted by atomic mass is 32.2. The second kappa shape index (κ2) is 6.60. The van der Waals surface area contributed by atoms with Crippen LogP contribution in [0.3, 0.4) is 0 Å². The molecule has 102 valence electrons. The molecule has 1 heterocycles. The summed E-state index contributed by atoms with van der Waals surface area (Å²) < 4.78 is 5.34. The van der Waals surface area contributed by atoms with E-state index in [0.717, 1.165) is 6.54 Å². The predicted octanol–water partition coefficient (Wildman–Crippen LogP) is 1.11. The molecule has 0 bridgehead atoms. The van der Waals surface area contributed by atoms with Gasteiger partial charge in [0.15, 0.2) is 0 Å². The smallest absolute Gasteiger partial charge is 0.323 e. The molecular weight excluding hydrogens is 252 g/mol. The second-order valence-electron chi connectivity index (χ2n) is 4.16. The summed E-state index contributed by atoms with van der Waals surface area (Å²) in [7, 11) is 0. The predicted molar refractivity (Wildman–Crippen MR) is 74.9 cm³/mol. The first kappa shape index (κ1) is 14.8. The minimum atomic E-state index is 0.0920. The molecule has 0 saturated carbocycles. The summed E-state index contributed by atoms with van der Waals surface area (Å²) in [6, 6.07) is 0.255. The molecule has 1 aromatic heterocycles. The van der Waals surface area contributed by atoms with Gasteiger partial charge in [-0.05, 0) is 27.0 Å². The van der Waals surface area contributed by atoms with E-state index in [1.807, 2.05) is 6.92 Å². The number of anilines is 2. The fourth-order valence-corrected chi connectivity index (χ4v) is 1.27. The highest BCUT2D eigenvalue weighted by Crippen LogP contribution is 2.21. The van der Waals surface area contributed by atoms with Crippen molar-refractivity contribution in [2.45, 2.75) is 25.5 Å². The molecule has 0 aliphatic rings. The number of nitrogens with zero attached hydrogens (tertiary/aromatic N) is 3. The molecule has 4 N–H and O–H groups in total. The van der Waals surface area contributed by atoms with Crippen LogP contribution in [0.4, 0.5) is 11.9 Å². The molecule has 1 rings (SSSR count). The standard InChI is InChI=1S/C10H20N6OS/c1-5-17-9-14-7(13-8(15-9)16-11)12-6-10(2,3)18-4/h5-6,11H2,1-4H3,(H2,12,13,14,15,16). The molecule has 0 unspecified atom stereocenters. The van der Waals surface area contributed by atoms with Crippen LogP contribution < -0.4 is 21.3 Å². The minimum absolute atomic E-state index is 0.0920. The summed E-state index contributed by atoms with van der Waals surface area (Å²) in [5.41, 5.74) is 2.39. The van der Waals surface area contributed by atoms with Gasteiger partial charge in [0, 0.05) is 11.3 Å². The first-order valence-corrected chi connectivity index (χ1v) is 6.87. The van der Waals surface area contributed by atoms with Crippen molar-refractivity contribution in [2.75, 3.05) is 30.1 Å². The molecule has 8 heteroatoms. The van der Waals surface area contributed by atoms with Crippen LogP contribution in [0.5, 0.6) is 6.01 Å². The van der Waals surface area contributed by atoms with Crippen LogP contribution in [0.25, 0.3) is 0 Å². The zero-order valence-corrected chi connectivity index (χ0v) is 12.0. The van der Waals surface area contributed by atoms with E-state index in [1.165, 1.54) is 0 Å². The van der Waals surface area contributed by atoms with E-state index in [1.54, 1.807) is 11.8 Å². The largest absolute Gasteiger partial charge is 0.464 e. The van der Waals surface area contributed by atoms with Crippen LogP contribution in [0.1, 0.15) is 20.8 Å². The van der Waals surface area contributed by atoms with Crippen molar-refractivity contribution in [3.63, 3.8) is 0 Å². The lowest BCUT2D eigenvalue weighted by Crippen LogP contribution is -2.27. The van der Waals surface area contributed by atoms with E-state index in [9.17, 15) is 0 Å². The number of ether oxygens (including phenoxy) is 1. The van der Waals surface area contributed by atoms with Gasteiger partial charge in [0.25, 0.3) is 0 Å². The Bertz CT molecular complexity index is 387. The van der Waals surface area contributed by atoms with Gasteiger partial charge in [0.1, 0.15) is 0 Å². The summed E-state index contributed by atoms with van der Waals surface area (Å²) in [4.78, 5) is 12.2. The molecule has 0 aliphatic carbocycles. The van der Waals surface area contributed by atoms with E-state index in [4.69, 9.17) is 10.6 Å². The molecular formula is C10H20N6OS. The topological polar surface area (TPSA) is 98.0 Å². The monoisotopic (exact) mass is 272 g/mol. The lowest BCUT2D eigenvalue weighted by atomic mass is 10.2. The van der Waals surface area contributed by atoms with Crippen LogP contribution in [0.2, 0.25) is 0 Å². The summed E-state index contributed by atoms with van der Waals surface area (Å²) in [6.07, 6.45) is 2.06. The average molecular weight is 272 g/mol. The Morgan fingerprint density at radius 2 is 1.94 bits per heavy atom. The highest BCUT2D eigenvalue weighted by molar-refractivity contribution is 7.99. The molecule has 0 aliphatic heterocycles. The Morgan fingerprint density at radius 1 is 1.28 bits per heavy atom. The Labute approximate surface area is 111 Å². The fraction of sp³-hybridized carbons (Fsp3) is 0.700. The summed E-state index contributed by atoms with van der Waals surface area (Å²) >= 11 is 1.77. The average Bonchev–Trinajstić information content (AvgIpc) is 2.37. The molecule has 0 saturated heterocycles. The lowest BCUT2D eigenvalue weighted by Gasteiger charge is -2.22. The minimum Gasteiger partial charge on any atom is -0.464 e. The van der Waals surface area contributed by atoms with Gasteiger partial charge in [-0.3, -0.25) is 5.43 Å². The molecule has 0 atom stereocenters. The van der Waals surface area contributed by atoms with Gasteiger partial charge < -0.3 is 10.1 Å². The Kier molecular flexibility index (Phi) is 5.42. The van der Waals surface area contributed by atoms with Gasteiger partial charge in [-0.25, -0.2) is 5.84 Å². The Hall–Kier alpha value is -1.28. The van der Waals surface area contributed by atoms with Gasteiger partial charge in [0.05, 0.1) is 6.61 Å². The number of nitrogens with two attached hydrogens (primary N) is 1. The van der Waals surface area contributed by atoms with Gasteiger partial charge >= 0.3 is 6.01 Å². The van der Waals surface area contributed by atoms with Crippen molar-refractivity contribution >= 4 is 23.7 Å². The van der Waals surface area contributed by atoms with Crippen molar-refractivity contribution < 1.29 is 4.74 Å². The summed E-state index contributed by atoms with van der Waals surface area (Å²) in [6.45, 7) is 7.36. The third-order valence-electron chi connectivity index (χ3n) is 2.24. The maximum atomic E-state index is 5.30. The lowest BCUT2D eigenvalue weighted by molar-refractivity contribution is 0.312.